The minimum Gasteiger partial charge on any atom is -0.480 e. The molecule has 2 rings (SSSR count). The summed E-state index contributed by atoms with van der Waals surface area (Å²) in [6.45, 7) is 7.90. The van der Waals surface area contributed by atoms with Crippen LogP contribution in [0.4, 0.5) is 0 Å². The van der Waals surface area contributed by atoms with Crippen molar-refractivity contribution in [1.82, 2.24) is 9.80 Å². The average molecular weight is 284 g/mol. The molecule has 1 N–H and O–H groups in total. The van der Waals surface area contributed by atoms with E-state index in [4.69, 9.17) is 9.84 Å². The first-order valence-electron chi connectivity index (χ1n) is 7.99. The largest absolute Gasteiger partial charge is 0.480 e. The summed E-state index contributed by atoms with van der Waals surface area (Å²) < 4.78 is 5.39. The van der Waals surface area contributed by atoms with Crippen molar-refractivity contribution in [1.29, 1.82) is 0 Å². The number of ether oxygens (including phenoxy) is 1. The summed E-state index contributed by atoms with van der Waals surface area (Å²) in [6.07, 6.45) is 5.89. The number of carbonyl (C=O) groups is 1. The van der Waals surface area contributed by atoms with Crippen LogP contribution in [0.5, 0.6) is 0 Å². The minimum atomic E-state index is -0.865. The normalized spacial score (nSPS) is 24.1. The molecule has 0 atom stereocenters. The van der Waals surface area contributed by atoms with Crippen molar-refractivity contribution < 1.29 is 14.6 Å². The van der Waals surface area contributed by atoms with Gasteiger partial charge in [0.1, 0.15) is 6.61 Å². The molecule has 20 heavy (non-hydrogen) atoms. The van der Waals surface area contributed by atoms with Gasteiger partial charge in [0.15, 0.2) is 0 Å². The van der Waals surface area contributed by atoms with Crippen molar-refractivity contribution in [3.8, 4) is 0 Å². The molecule has 0 amide bonds. The lowest BCUT2D eigenvalue weighted by Gasteiger charge is -2.41. The van der Waals surface area contributed by atoms with Crippen molar-refractivity contribution in [2.75, 3.05) is 39.3 Å². The van der Waals surface area contributed by atoms with Crippen molar-refractivity contribution in [3.63, 3.8) is 0 Å². The average Bonchev–Trinajstić information content (AvgIpc) is 2.47. The quantitative estimate of drug-likeness (QED) is 0.799. The van der Waals surface area contributed by atoms with Gasteiger partial charge in [0.05, 0.1) is 6.10 Å². The van der Waals surface area contributed by atoms with Crippen LogP contribution in [-0.2, 0) is 9.53 Å². The van der Waals surface area contributed by atoms with Gasteiger partial charge < -0.3 is 19.6 Å². The van der Waals surface area contributed by atoms with E-state index in [1.165, 1.54) is 38.9 Å². The molecule has 0 unspecified atom stereocenters. The summed E-state index contributed by atoms with van der Waals surface area (Å²) in [5.74, 6) is -0.865. The van der Waals surface area contributed by atoms with E-state index in [0.717, 1.165) is 32.0 Å². The number of rotatable bonds is 6. The van der Waals surface area contributed by atoms with Gasteiger partial charge in [0, 0.05) is 19.1 Å². The Labute approximate surface area is 121 Å². The van der Waals surface area contributed by atoms with Crippen molar-refractivity contribution >= 4 is 5.97 Å². The van der Waals surface area contributed by atoms with E-state index in [1.807, 2.05) is 0 Å². The van der Waals surface area contributed by atoms with E-state index in [1.54, 1.807) is 0 Å². The molecule has 0 spiro atoms. The van der Waals surface area contributed by atoms with E-state index >= 15 is 0 Å². The molecule has 5 heteroatoms. The second-order valence-electron chi connectivity index (χ2n) is 6.01. The van der Waals surface area contributed by atoms with Gasteiger partial charge in [-0.25, -0.2) is 4.79 Å². The first-order valence-corrected chi connectivity index (χ1v) is 7.99. The Bertz CT molecular complexity index is 295. The zero-order valence-corrected chi connectivity index (χ0v) is 12.6. The molecule has 2 heterocycles. The van der Waals surface area contributed by atoms with Gasteiger partial charge in [0.2, 0.25) is 0 Å². The Morgan fingerprint density at radius 2 is 1.80 bits per heavy atom. The van der Waals surface area contributed by atoms with Crippen LogP contribution in [0.15, 0.2) is 0 Å². The van der Waals surface area contributed by atoms with Crippen molar-refractivity contribution in [2.24, 2.45) is 0 Å². The van der Waals surface area contributed by atoms with E-state index in [-0.39, 0.29) is 12.7 Å². The lowest BCUT2D eigenvalue weighted by Crippen LogP contribution is -2.48. The maximum absolute atomic E-state index is 10.5. The zero-order chi connectivity index (χ0) is 14.4. The molecule has 0 saturated carbocycles. The summed E-state index contributed by atoms with van der Waals surface area (Å²) in [4.78, 5) is 15.7. The van der Waals surface area contributed by atoms with Gasteiger partial charge >= 0.3 is 5.97 Å². The van der Waals surface area contributed by atoms with Gasteiger partial charge in [-0.2, -0.15) is 0 Å². The first-order chi connectivity index (χ1) is 9.69. The second kappa shape index (κ2) is 7.96. The van der Waals surface area contributed by atoms with Crippen LogP contribution in [0.3, 0.4) is 0 Å². The number of hydrogen-bond acceptors (Lipinski definition) is 4. The van der Waals surface area contributed by atoms with E-state index < -0.39 is 5.97 Å². The standard InChI is InChI=1S/C15H28N2O3/c1-2-7-16-8-3-13(4-9-16)17-10-5-14(6-11-17)20-12-15(18)19/h13-14H,2-12H2,1H3,(H,18,19). The lowest BCUT2D eigenvalue weighted by atomic mass is 9.99. The lowest BCUT2D eigenvalue weighted by molar-refractivity contribution is -0.145. The highest BCUT2D eigenvalue weighted by molar-refractivity contribution is 5.68. The van der Waals surface area contributed by atoms with E-state index in [0.29, 0.717) is 0 Å². The highest BCUT2D eigenvalue weighted by Crippen LogP contribution is 2.22. The molecule has 116 valence electrons. The molecule has 2 fully saturated rings. The van der Waals surface area contributed by atoms with Crippen LogP contribution < -0.4 is 0 Å². The monoisotopic (exact) mass is 284 g/mol. The number of nitrogens with zero attached hydrogens (tertiary/aromatic N) is 2. The van der Waals surface area contributed by atoms with E-state index in [9.17, 15) is 4.79 Å². The SMILES string of the molecule is CCCN1CCC(N2CCC(OCC(=O)O)CC2)CC1. The Hall–Kier alpha value is -0.650. The number of piperidine rings is 2. The van der Waals surface area contributed by atoms with Crippen LogP contribution in [-0.4, -0.2) is 72.4 Å². The molecule has 0 bridgehead atoms. The van der Waals surface area contributed by atoms with Gasteiger partial charge in [-0.3, -0.25) is 0 Å². The second-order valence-corrected chi connectivity index (χ2v) is 6.01. The van der Waals surface area contributed by atoms with Crippen LogP contribution in [0.2, 0.25) is 0 Å². The van der Waals surface area contributed by atoms with Crippen LogP contribution in [0.25, 0.3) is 0 Å². The van der Waals surface area contributed by atoms with Crippen LogP contribution in [0, 0.1) is 0 Å². The Morgan fingerprint density at radius 1 is 1.15 bits per heavy atom. The minimum absolute atomic E-state index is 0.141. The molecule has 2 saturated heterocycles. The molecule has 0 aliphatic carbocycles. The summed E-state index contributed by atoms with van der Waals surface area (Å²) in [5.41, 5.74) is 0. The molecule has 0 radical (unpaired) electrons. The molecular weight excluding hydrogens is 256 g/mol. The zero-order valence-electron chi connectivity index (χ0n) is 12.6. The maximum atomic E-state index is 10.5. The fourth-order valence-electron chi connectivity index (χ4n) is 3.42. The third kappa shape index (κ3) is 4.72. The van der Waals surface area contributed by atoms with Gasteiger partial charge in [-0.1, -0.05) is 6.92 Å². The number of likely N-dealkylation sites (tertiary alicyclic amines) is 2. The molecule has 0 aromatic carbocycles. The first kappa shape index (κ1) is 15.7. The molecule has 2 aliphatic rings. The topological polar surface area (TPSA) is 53.0 Å². The number of carboxylic acid groups (broad SMARTS) is 1. The summed E-state index contributed by atoms with van der Waals surface area (Å²) in [6, 6.07) is 0.725. The maximum Gasteiger partial charge on any atom is 0.329 e. The fraction of sp³-hybridized carbons (Fsp3) is 0.933. The van der Waals surface area contributed by atoms with E-state index in [2.05, 4.69) is 16.7 Å². The highest BCUT2D eigenvalue weighted by atomic mass is 16.5. The summed E-state index contributed by atoms with van der Waals surface area (Å²) >= 11 is 0. The Morgan fingerprint density at radius 3 is 2.35 bits per heavy atom. The van der Waals surface area contributed by atoms with Crippen molar-refractivity contribution in [3.05, 3.63) is 0 Å². The number of hydrogen-bond donors (Lipinski definition) is 1. The van der Waals surface area contributed by atoms with Gasteiger partial charge in [-0.05, 0) is 51.7 Å². The number of carboxylic acids is 1. The predicted molar refractivity (Wildman–Crippen MR) is 77.9 cm³/mol. The summed E-state index contributed by atoms with van der Waals surface area (Å²) in [7, 11) is 0. The Kier molecular flexibility index (Phi) is 6.26. The van der Waals surface area contributed by atoms with Gasteiger partial charge in [-0.15, -0.1) is 0 Å². The molecule has 5 nitrogen and oxygen atoms in total. The predicted octanol–water partition coefficient (Wildman–Crippen LogP) is 1.43. The molecule has 0 aromatic rings. The smallest absolute Gasteiger partial charge is 0.329 e. The van der Waals surface area contributed by atoms with Crippen LogP contribution in [0.1, 0.15) is 39.0 Å². The number of aliphatic carboxylic acids is 1. The Balaban J connectivity index is 1.65. The highest BCUT2D eigenvalue weighted by Gasteiger charge is 2.28. The fourth-order valence-corrected chi connectivity index (χ4v) is 3.42. The third-order valence-electron chi connectivity index (χ3n) is 4.53. The summed E-state index contributed by atoms with van der Waals surface area (Å²) in [5, 5.41) is 8.63. The molecular formula is C15H28N2O3. The molecule has 0 aromatic heterocycles. The van der Waals surface area contributed by atoms with Crippen molar-refractivity contribution in [2.45, 2.75) is 51.2 Å². The van der Waals surface area contributed by atoms with Gasteiger partial charge in [0.25, 0.3) is 0 Å². The molecule has 2 aliphatic heterocycles. The third-order valence-corrected chi connectivity index (χ3v) is 4.53. The van der Waals surface area contributed by atoms with Crippen LogP contribution >= 0.6 is 0 Å².